The highest BCUT2D eigenvalue weighted by Gasteiger charge is 2.33. The van der Waals surface area contributed by atoms with Gasteiger partial charge in [-0.25, -0.2) is 0 Å². The van der Waals surface area contributed by atoms with Gasteiger partial charge in [-0.2, -0.15) is 0 Å². The highest BCUT2D eigenvalue weighted by molar-refractivity contribution is 7.78. The Kier molecular flexibility index (Phi) is 3.47. The quantitative estimate of drug-likeness (QED) is 0.779. The number of hydrogen-bond donors (Lipinski definition) is 0. The molecule has 2 atom stereocenters. The van der Waals surface area contributed by atoms with E-state index in [1.165, 1.54) is 46.7 Å². The molecule has 2 unspecified atom stereocenters. The molecular formula is C19H19NOS. The molecule has 2 aromatic carbocycles. The van der Waals surface area contributed by atoms with Crippen molar-refractivity contribution in [2.45, 2.75) is 31.3 Å². The van der Waals surface area contributed by atoms with Gasteiger partial charge in [-0.05, 0) is 78.6 Å². The van der Waals surface area contributed by atoms with Crippen molar-refractivity contribution in [2.75, 3.05) is 7.05 Å². The smallest absolute Gasteiger partial charge is 0.154 e. The lowest BCUT2D eigenvalue weighted by Crippen LogP contribution is -2.34. The van der Waals surface area contributed by atoms with Crippen LogP contribution in [0.2, 0.25) is 0 Å². The van der Waals surface area contributed by atoms with Gasteiger partial charge in [-0.3, -0.25) is 4.90 Å². The largest absolute Gasteiger partial charge is 0.454 e. The van der Waals surface area contributed by atoms with Gasteiger partial charge in [-0.15, -0.1) is 0 Å². The average molecular weight is 309 g/mol. The first-order valence-corrected chi connectivity index (χ1v) is 8.29. The highest BCUT2D eigenvalue weighted by atomic mass is 32.1. The van der Waals surface area contributed by atoms with Gasteiger partial charge in [0.25, 0.3) is 0 Å². The van der Waals surface area contributed by atoms with E-state index in [4.69, 9.17) is 17.0 Å². The van der Waals surface area contributed by atoms with Gasteiger partial charge in [0, 0.05) is 12.1 Å². The lowest BCUT2D eigenvalue weighted by molar-refractivity contribution is 0.264. The molecule has 2 aliphatic rings. The first-order valence-electron chi connectivity index (χ1n) is 7.82. The Hall–Kier alpha value is -1.71. The van der Waals surface area contributed by atoms with Crippen LogP contribution in [0.5, 0.6) is 5.75 Å². The second kappa shape index (κ2) is 5.49. The summed E-state index contributed by atoms with van der Waals surface area (Å²) in [4.78, 5) is 2.53. The van der Waals surface area contributed by atoms with Crippen molar-refractivity contribution in [1.29, 1.82) is 0 Å². The minimum Gasteiger partial charge on any atom is -0.454 e. The molecule has 2 heterocycles. The van der Waals surface area contributed by atoms with E-state index in [1.807, 2.05) is 12.1 Å². The molecule has 0 amide bonds. The summed E-state index contributed by atoms with van der Waals surface area (Å²) in [6.07, 6.45) is 6.27. The van der Waals surface area contributed by atoms with E-state index in [2.05, 4.69) is 42.3 Å². The van der Waals surface area contributed by atoms with Crippen molar-refractivity contribution in [3.8, 4) is 5.75 Å². The summed E-state index contributed by atoms with van der Waals surface area (Å²) in [5.41, 5.74) is 4.17. The van der Waals surface area contributed by atoms with Crippen molar-refractivity contribution in [1.82, 2.24) is 4.90 Å². The maximum absolute atomic E-state index is 5.28. The molecule has 0 N–H and O–H groups in total. The van der Waals surface area contributed by atoms with Crippen LogP contribution in [-0.2, 0) is 0 Å². The minimum absolute atomic E-state index is 0.628. The first kappa shape index (κ1) is 13.9. The maximum atomic E-state index is 5.28. The zero-order valence-electron chi connectivity index (χ0n) is 12.7. The summed E-state index contributed by atoms with van der Waals surface area (Å²) in [7, 11) is 2.26. The predicted octanol–water partition coefficient (Wildman–Crippen LogP) is 4.43. The molecule has 0 radical (unpaired) electrons. The van der Waals surface area contributed by atoms with Crippen molar-refractivity contribution >= 4 is 34.1 Å². The van der Waals surface area contributed by atoms with Crippen LogP contribution in [0.4, 0.5) is 0 Å². The van der Waals surface area contributed by atoms with Crippen LogP contribution in [0.15, 0.2) is 42.5 Å². The number of thiocarbonyl (C=S) groups is 1. The number of fused-ring (bicyclic) bond motifs is 3. The third-order valence-corrected chi connectivity index (χ3v) is 5.21. The molecule has 0 saturated carbocycles. The Morgan fingerprint density at radius 1 is 1.14 bits per heavy atom. The molecule has 3 heteroatoms. The zero-order chi connectivity index (χ0) is 15.1. The molecule has 4 rings (SSSR count). The molecule has 1 fully saturated rings. The number of rotatable bonds is 3. The van der Waals surface area contributed by atoms with E-state index in [9.17, 15) is 0 Å². The van der Waals surface area contributed by atoms with Gasteiger partial charge < -0.3 is 4.74 Å². The van der Waals surface area contributed by atoms with Gasteiger partial charge in [0.1, 0.15) is 5.75 Å². The summed E-state index contributed by atoms with van der Waals surface area (Å²) in [5, 5.41) is 2.44. The second-order valence-corrected chi connectivity index (χ2v) is 6.49. The molecule has 2 aromatic rings. The predicted molar refractivity (Wildman–Crippen MR) is 95.4 cm³/mol. The summed E-state index contributed by atoms with van der Waals surface area (Å²) >= 11 is 4.74. The van der Waals surface area contributed by atoms with Gasteiger partial charge in [0.05, 0.1) is 0 Å². The van der Waals surface area contributed by atoms with E-state index < -0.39 is 0 Å². The minimum atomic E-state index is 0.628. The molecule has 112 valence electrons. The monoisotopic (exact) mass is 309 g/mol. The fourth-order valence-corrected chi connectivity index (χ4v) is 3.92. The van der Waals surface area contributed by atoms with E-state index >= 15 is 0 Å². The molecule has 0 spiro atoms. The van der Waals surface area contributed by atoms with Crippen LogP contribution in [0.3, 0.4) is 0 Å². The zero-order valence-corrected chi connectivity index (χ0v) is 13.5. The van der Waals surface area contributed by atoms with E-state index in [0.29, 0.717) is 6.04 Å². The van der Waals surface area contributed by atoms with E-state index in [0.717, 1.165) is 11.8 Å². The maximum Gasteiger partial charge on any atom is 0.154 e. The van der Waals surface area contributed by atoms with Gasteiger partial charge >= 0.3 is 0 Å². The molecular weight excluding hydrogens is 290 g/mol. The summed E-state index contributed by atoms with van der Waals surface area (Å²) in [6, 6.07) is 14.2. The standard InChI is InChI=1S/C19H19NOS/c1-20-17-5-6-18(20)10-16(9-17)14-2-3-15-11-19(21-12-22)7-4-13(15)8-14/h2-4,7-9,11-12,17-18H,5-6,10H2,1H3. The van der Waals surface area contributed by atoms with Crippen molar-refractivity contribution in [3.63, 3.8) is 0 Å². The molecule has 1 saturated heterocycles. The Balaban J connectivity index is 1.70. The lowest BCUT2D eigenvalue weighted by Gasteiger charge is -2.30. The molecule has 22 heavy (non-hydrogen) atoms. The number of benzene rings is 2. The van der Waals surface area contributed by atoms with Gasteiger partial charge in [-0.1, -0.05) is 24.3 Å². The highest BCUT2D eigenvalue weighted by Crippen LogP contribution is 2.38. The van der Waals surface area contributed by atoms with Gasteiger partial charge in [0.2, 0.25) is 0 Å². The van der Waals surface area contributed by atoms with Crippen LogP contribution >= 0.6 is 12.2 Å². The van der Waals surface area contributed by atoms with Gasteiger partial charge in [0.15, 0.2) is 5.55 Å². The Bertz CT molecular complexity index is 767. The third kappa shape index (κ3) is 2.34. The van der Waals surface area contributed by atoms with E-state index in [1.54, 1.807) is 0 Å². The Morgan fingerprint density at radius 3 is 2.77 bits per heavy atom. The molecule has 0 aromatic heterocycles. The Labute approximate surface area is 136 Å². The summed E-state index contributed by atoms with van der Waals surface area (Å²) < 4.78 is 5.28. The Morgan fingerprint density at radius 2 is 1.95 bits per heavy atom. The molecule has 2 aliphatic heterocycles. The molecule has 2 bridgehead atoms. The normalized spacial score (nSPS) is 24.3. The van der Waals surface area contributed by atoms with Crippen LogP contribution in [-0.4, -0.2) is 29.6 Å². The molecule has 0 aliphatic carbocycles. The summed E-state index contributed by atoms with van der Waals surface area (Å²) in [6.45, 7) is 0. The SMILES string of the molecule is CN1C2C=C(c3ccc4cc(OC=S)ccc4c3)CC1CC2. The second-order valence-electron chi connectivity index (χ2n) is 6.30. The average Bonchev–Trinajstić information content (AvgIpc) is 2.76. The van der Waals surface area contributed by atoms with E-state index in [-0.39, 0.29) is 0 Å². The number of hydrogen-bond acceptors (Lipinski definition) is 3. The topological polar surface area (TPSA) is 12.5 Å². The number of nitrogens with zero attached hydrogens (tertiary/aromatic N) is 1. The van der Waals surface area contributed by atoms with Crippen LogP contribution in [0, 0.1) is 0 Å². The van der Waals surface area contributed by atoms with Crippen LogP contribution in [0.25, 0.3) is 16.3 Å². The first-order chi connectivity index (χ1) is 10.7. The van der Waals surface area contributed by atoms with Crippen molar-refractivity contribution in [3.05, 3.63) is 48.0 Å². The summed E-state index contributed by atoms with van der Waals surface area (Å²) in [5.74, 6) is 0.798. The van der Waals surface area contributed by atoms with Crippen molar-refractivity contribution in [2.24, 2.45) is 0 Å². The number of ether oxygens (including phenoxy) is 1. The number of likely N-dealkylation sites (N-methyl/N-ethyl adjacent to an activating group) is 1. The van der Waals surface area contributed by atoms with Crippen molar-refractivity contribution < 1.29 is 4.74 Å². The molecule has 2 nitrogen and oxygen atoms in total. The van der Waals surface area contributed by atoms with Crippen LogP contribution in [0.1, 0.15) is 24.8 Å². The fourth-order valence-electron chi connectivity index (χ4n) is 3.81. The fraction of sp³-hybridized carbons (Fsp3) is 0.316. The lowest BCUT2D eigenvalue weighted by atomic mass is 9.93. The van der Waals surface area contributed by atoms with Crippen LogP contribution < -0.4 is 4.74 Å². The third-order valence-electron chi connectivity index (χ3n) is 5.11.